The first-order valence-electron chi connectivity index (χ1n) is 9.50. The maximum Gasteiger partial charge on any atom is 0.255 e. The van der Waals surface area contributed by atoms with E-state index in [1.807, 2.05) is 11.8 Å². The molecular formula is C22H21ClFN3O2. The Labute approximate surface area is 173 Å². The predicted octanol–water partition coefficient (Wildman–Crippen LogP) is 4.12. The molecule has 3 aromatic rings. The van der Waals surface area contributed by atoms with E-state index in [9.17, 15) is 14.0 Å². The highest BCUT2D eigenvalue weighted by atomic mass is 35.5. The number of nitrogens with one attached hydrogen (secondary N) is 1. The first-order valence-corrected chi connectivity index (χ1v) is 9.87. The van der Waals surface area contributed by atoms with Gasteiger partial charge >= 0.3 is 0 Å². The van der Waals surface area contributed by atoms with Gasteiger partial charge in [-0.3, -0.25) is 14.5 Å². The average molecular weight is 414 g/mol. The summed E-state index contributed by atoms with van der Waals surface area (Å²) in [5.74, 6) is -0.379. The van der Waals surface area contributed by atoms with Crippen LogP contribution in [0.4, 0.5) is 4.39 Å². The van der Waals surface area contributed by atoms with Crippen molar-refractivity contribution in [2.24, 2.45) is 0 Å². The maximum atomic E-state index is 13.2. The Balaban J connectivity index is 1.50. The number of carbonyl (C=O) groups excluding carboxylic acids is 2. The fourth-order valence-corrected chi connectivity index (χ4v) is 4.15. The molecule has 1 aliphatic heterocycles. The molecule has 0 saturated carbocycles. The molecular weight excluding hydrogens is 393 g/mol. The standard InChI is InChI=1S/C22H21ClFN3O2/c1-14-11-26(12-15-2-4-17(24)5-3-15)6-7-27(14)22(29)19-8-18-16(13-28)10-25-21(18)9-20(19)23/h2-5,8-10,13-14,25H,6-7,11-12H2,1H3/t14-/m1/s1. The van der Waals surface area contributed by atoms with Gasteiger partial charge in [0.25, 0.3) is 5.91 Å². The smallest absolute Gasteiger partial charge is 0.255 e. The quantitative estimate of drug-likeness (QED) is 0.654. The fourth-order valence-electron chi connectivity index (χ4n) is 3.91. The number of hydrogen-bond acceptors (Lipinski definition) is 3. The zero-order valence-electron chi connectivity index (χ0n) is 16.0. The second kappa shape index (κ2) is 7.97. The molecule has 7 heteroatoms. The minimum atomic E-state index is -0.244. The summed E-state index contributed by atoms with van der Waals surface area (Å²) in [5, 5.41) is 1.05. The Bertz CT molecular complexity index is 1060. The molecule has 2 aromatic carbocycles. The lowest BCUT2D eigenvalue weighted by atomic mass is 10.1. The van der Waals surface area contributed by atoms with Gasteiger partial charge in [-0.1, -0.05) is 23.7 Å². The largest absolute Gasteiger partial charge is 0.360 e. The van der Waals surface area contributed by atoms with Gasteiger partial charge in [-0.05, 0) is 36.8 Å². The molecule has 0 bridgehead atoms. The van der Waals surface area contributed by atoms with E-state index in [0.29, 0.717) is 41.2 Å². The number of aromatic amines is 1. The van der Waals surface area contributed by atoms with Crippen LogP contribution in [0.3, 0.4) is 0 Å². The van der Waals surface area contributed by atoms with Gasteiger partial charge in [0.15, 0.2) is 6.29 Å². The molecule has 4 rings (SSSR count). The number of aldehydes is 1. The molecule has 1 N–H and O–H groups in total. The molecule has 1 fully saturated rings. The van der Waals surface area contributed by atoms with Gasteiger partial charge in [0, 0.05) is 54.9 Å². The summed E-state index contributed by atoms with van der Waals surface area (Å²) in [6.07, 6.45) is 2.37. The normalized spacial score (nSPS) is 17.6. The number of halogens is 2. The number of aromatic nitrogens is 1. The Hall–Kier alpha value is -2.70. The zero-order valence-corrected chi connectivity index (χ0v) is 16.7. The van der Waals surface area contributed by atoms with Crippen LogP contribution in [-0.4, -0.2) is 52.7 Å². The Kier molecular flexibility index (Phi) is 5.39. The van der Waals surface area contributed by atoms with Crippen LogP contribution in [0.2, 0.25) is 5.02 Å². The minimum absolute atomic E-state index is 0.000211. The number of carbonyl (C=O) groups is 2. The second-order valence-electron chi connectivity index (χ2n) is 7.45. The third-order valence-corrected chi connectivity index (χ3v) is 5.76. The van der Waals surface area contributed by atoms with Crippen molar-refractivity contribution in [3.05, 3.63) is 70.1 Å². The highest BCUT2D eigenvalue weighted by Gasteiger charge is 2.29. The number of piperazine rings is 1. The van der Waals surface area contributed by atoms with Crippen molar-refractivity contribution in [2.45, 2.75) is 19.5 Å². The van der Waals surface area contributed by atoms with E-state index in [1.54, 1.807) is 30.5 Å². The van der Waals surface area contributed by atoms with Gasteiger partial charge < -0.3 is 9.88 Å². The van der Waals surface area contributed by atoms with Crippen LogP contribution in [0.15, 0.2) is 42.6 Å². The number of H-pyrrole nitrogens is 1. The van der Waals surface area contributed by atoms with Crippen LogP contribution in [0.25, 0.3) is 10.9 Å². The average Bonchev–Trinajstić information content (AvgIpc) is 3.10. The molecule has 0 aliphatic carbocycles. The topological polar surface area (TPSA) is 56.4 Å². The number of benzene rings is 2. The summed E-state index contributed by atoms with van der Waals surface area (Å²) in [6, 6.07) is 9.88. The Morgan fingerprint density at radius 3 is 2.72 bits per heavy atom. The fraction of sp³-hybridized carbons (Fsp3) is 0.273. The molecule has 2 heterocycles. The number of fused-ring (bicyclic) bond motifs is 1. The van der Waals surface area contributed by atoms with Crippen molar-refractivity contribution < 1.29 is 14.0 Å². The monoisotopic (exact) mass is 413 g/mol. The Morgan fingerprint density at radius 1 is 1.28 bits per heavy atom. The van der Waals surface area contributed by atoms with E-state index in [4.69, 9.17) is 11.6 Å². The second-order valence-corrected chi connectivity index (χ2v) is 7.86. The van der Waals surface area contributed by atoms with Gasteiger partial charge in [0.1, 0.15) is 5.82 Å². The van der Waals surface area contributed by atoms with E-state index in [1.165, 1.54) is 12.1 Å². The number of rotatable bonds is 4. The number of hydrogen-bond donors (Lipinski definition) is 1. The summed E-state index contributed by atoms with van der Waals surface area (Å²) >= 11 is 6.37. The van der Waals surface area contributed by atoms with Crippen molar-refractivity contribution >= 4 is 34.7 Å². The molecule has 0 spiro atoms. The maximum absolute atomic E-state index is 13.2. The van der Waals surface area contributed by atoms with Crippen LogP contribution in [-0.2, 0) is 6.54 Å². The van der Waals surface area contributed by atoms with Gasteiger partial charge in [-0.15, -0.1) is 0 Å². The van der Waals surface area contributed by atoms with Crippen LogP contribution in [0.1, 0.15) is 33.2 Å². The van der Waals surface area contributed by atoms with E-state index in [-0.39, 0.29) is 17.8 Å². The van der Waals surface area contributed by atoms with E-state index in [0.717, 1.165) is 23.9 Å². The minimum Gasteiger partial charge on any atom is -0.360 e. The highest BCUT2D eigenvalue weighted by molar-refractivity contribution is 6.34. The van der Waals surface area contributed by atoms with Crippen LogP contribution >= 0.6 is 11.6 Å². The van der Waals surface area contributed by atoms with Crippen molar-refractivity contribution in [3.63, 3.8) is 0 Å². The van der Waals surface area contributed by atoms with Gasteiger partial charge in [0.05, 0.1) is 10.6 Å². The van der Waals surface area contributed by atoms with Crippen LogP contribution in [0.5, 0.6) is 0 Å². The molecule has 29 heavy (non-hydrogen) atoms. The molecule has 0 unspecified atom stereocenters. The lowest BCUT2D eigenvalue weighted by Crippen LogP contribution is -2.53. The molecule has 1 aromatic heterocycles. The lowest BCUT2D eigenvalue weighted by Gasteiger charge is -2.40. The SMILES string of the molecule is C[C@@H]1CN(Cc2ccc(F)cc2)CCN1C(=O)c1cc2c(C=O)c[nH]c2cc1Cl. The van der Waals surface area contributed by atoms with Gasteiger partial charge in [-0.2, -0.15) is 0 Å². The molecule has 1 atom stereocenters. The van der Waals surface area contributed by atoms with Gasteiger partial charge in [0.2, 0.25) is 0 Å². The summed E-state index contributed by atoms with van der Waals surface area (Å²) in [6.45, 7) is 4.73. The molecule has 0 radical (unpaired) electrons. The zero-order chi connectivity index (χ0) is 20.5. The predicted molar refractivity (Wildman–Crippen MR) is 111 cm³/mol. The first-order chi connectivity index (χ1) is 14.0. The molecule has 1 amide bonds. The third-order valence-electron chi connectivity index (χ3n) is 5.45. The Morgan fingerprint density at radius 2 is 2.03 bits per heavy atom. The van der Waals surface area contributed by atoms with Crippen molar-refractivity contribution in [2.75, 3.05) is 19.6 Å². The summed E-state index contributed by atoms with van der Waals surface area (Å²) in [4.78, 5) is 31.5. The molecule has 5 nitrogen and oxygen atoms in total. The van der Waals surface area contributed by atoms with Crippen molar-refractivity contribution in [1.29, 1.82) is 0 Å². The molecule has 1 saturated heterocycles. The van der Waals surface area contributed by atoms with Crippen molar-refractivity contribution in [1.82, 2.24) is 14.8 Å². The van der Waals surface area contributed by atoms with E-state index >= 15 is 0 Å². The van der Waals surface area contributed by atoms with Gasteiger partial charge in [-0.25, -0.2) is 4.39 Å². The highest BCUT2D eigenvalue weighted by Crippen LogP contribution is 2.28. The van der Waals surface area contributed by atoms with E-state index < -0.39 is 0 Å². The summed E-state index contributed by atoms with van der Waals surface area (Å²) in [5.41, 5.74) is 2.68. The number of amides is 1. The van der Waals surface area contributed by atoms with E-state index in [2.05, 4.69) is 9.88 Å². The van der Waals surface area contributed by atoms with Crippen LogP contribution < -0.4 is 0 Å². The first kappa shape index (κ1) is 19.6. The summed E-state index contributed by atoms with van der Waals surface area (Å²) in [7, 11) is 0. The van der Waals surface area contributed by atoms with Crippen molar-refractivity contribution in [3.8, 4) is 0 Å². The summed E-state index contributed by atoms with van der Waals surface area (Å²) < 4.78 is 13.1. The third kappa shape index (κ3) is 3.91. The lowest BCUT2D eigenvalue weighted by molar-refractivity contribution is 0.0475. The van der Waals surface area contributed by atoms with Crippen LogP contribution in [0, 0.1) is 5.82 Å². The number of nitrogens with zero attached hydrogens (tertiary/aromatic N) is 2. The molecule has 150 valence electrons. The molecule has 1 aliphatic rings.